The number of carbonyl (C=O) groups is 1. The molecule has 0 fully saturated rings. The molecule has 140 valence electrons. The van der Waals surface area contributed by atoms with Crippen molar-refractivity contribution < 1.29 is 9.32 Å². The maximum absolute atomic E-state index is 12.9. The van der Waals surface area contributed by atoms with Gasteiger partial charge in [-0.2, -0.15) is 0 Å². The molecule has 1 aliphatic heterocycles. The van der Waals surface area contributed by atoms with Crippen molar-refractivity contribution in [3.63, 3.8) is 0 Å². The van der Waals surface area contributed by atoms with E-state index in [1.807, 2.05) is 48.2 Å². The van der Waals surface area contributed by atoms with Crippen LogP contribution in [0.25, 0.3) is 11.0 Å². The number of aromatic nitrogens is 3. The molecular weight excluding hydrogens is 352 g/mol. The lowest BCUT2D eigenvalue weighted by atomic mass is 10.00. The third-order valence-corrected chi connectivity index (χ3v) is 5.36. The van der Waals surface area contributed by atoms with Crippen molar-refractivity contribution in [1.82, 2.24) is 19.6 Å². The standard InChI is InChI=1S/C22H20N4O2/c1-15-23-19-8-4-5-9-21(19)26(15)14-18-12-20(24-28-18)22(27)25-11-10-16-6-2-3-7-17(16)13-25/h2-9,12H,10-11,13-14H2,1H3. The Kier molecular flexibility index (Phi) is 3.97. The number of hydrogen-bond acceptors (Lipinski definition) is 4. The van der Waals surface area contributed by atoms with E-state index in [1.54, 1.807) is 6.07 Å². The fraction of sp³-hybridized carbons (Fsp3) is 0.227. The highest BCUT2D eigenvalue weighted by molar-refractivity contribution is 5.92. The van der Waals surface area contributed by atoms with Crippen molar-refractivity contribution in [3.8, 4) is 0 Å². The van der Waals surface area contributed by atoms with Gasteiger partial charge in [0, 0.05) is 19.2 Å². The summed E-state index contributed by atoms with van der Waals surface area (Å²) in [5, 5.41) is 4.04. The lowest BCUT2D eigenvalue weighted by Gasteiger charge is -2.28. The molecule has 0 saturated carbocycles. The van der Waals surface area contributed by atoms with Crippen LogP contribution in [0.2, 0.25) is 0 Å². The molecule has 0 saturated heterocycles. The van der Waals surface area contributed by atoms with E-state index in [-0.39, 0.29) is 5.91 Å². The van der Waals surface area contributed by atoms with Gasteiger partial charge in [0.25, 0.3) is 5.91 Å². The molecule has 0 aliphatic carbocycles. The first-order valence-corrected chi connectivity index (χ1v) is 9.42. The highest BCUT2D eigenvalue weighted by Crippen LogP contribution is 2.21. The summed E-state index contributed by atoms with van der Waals surface area (Å²) in [4.78, 5) is 19.3. The fourth-order valence-corrected chi connectivity index (χ4v) is 3.87. The van der Waals surface area contributed by atoms with Crippen LogP contribution in [0.3, 0.4) is 0 Å². The number of para-hydroxylation sites is 2. The molecular formula is C22H20N4O2. The number of fused-ring (bicyclic) bond motifs is 2. The molecule has 6 heteroatoms. The highest BCUT2D eigenvalue weighted by atomic mass is 16.5. The maximum atomic E-state index is 12.9. The SMILES string of the molecule is Cc1nc2ccccc2n1Cc1cc(C(=O)N2CCc3ccccc3C2)no1. The molecule has 0 spiro atoms. The van der Waals surface area contributed by atoms with E-state index in [0.29, 0.717) is 31.1 Å². The molecule has 2 aromatic heterocycles. The van der Waals surface area contributed by atoms with Crippen molar-refractivity contribution in [2.75, 3.05) is 6.54 Å². The monoisotopic (exact) mass is 372 g/mol. The first-order chi connectivity index (χ1) is 13.7. The predicted molar refractivity (Wildman–Crippen MR) is 105 cm³/mol. The molecule has 2 aromatic carbocycles. The molecule has 6 nitrogen and oxygen atoms in total. The summed E-state index contributed by atoms with van der Waals surface area (Å²) in [5.74, 6) is 1.46. The Morgan fingerprint density at radius 2 is 1.89 bits per heavy atom. The van der Waals surface area contributed by atoms with Gasteiger partial charge in [-0.3, -0.25) is 4.79 Å². The van der Waals surface area contributed by atoms with Gasteiger partial charge in [0.2, 0.25) is 0 Å². The van der Waals surface area contributed by atoms with Crippen LogP contribution < -0.4 is 0 Å². The average molecular weight is 372 g/mol. The first-order valence-electron chi connectivity index (χ1n) is 9.42. The van der Waals surface area contributed by atoms with Crippen LogP contribution in [0.15, 0.2) is 59.1 Å². The Labute approximate surface area is 162 Å². The summed E-state index contributed by atoms with van der Waals surface area (Å²) in [5.41, 5.74) is 4.86. The zero-order valence-corrected chi connectivity index (χ0v) is 15.6. The molecule has 5 rings (SSSR count). The van der Waals surface area contributed by atoms with Gasteiger partial charge in [0.15, 0.2) is 11.5 Å². The topological polar surface area (TPSA) is 64.2 Å². The third kappa shape index (κ3) is 2.87. The van der Waals surface area contributed by atoms with Crippen molar-refractivity contribution >= 4 is 16.9 Å². The molecule has 4 aromatic rings. The second kappa shape index (κ2) is 6.64. The second-order valence-electron chi connectivity index (χ2n) is 7.16. The number of benzene rings is 2. The average Bonchev–Trinajstić information content (AvgIpc) is 3.32. The Morgan fingerprint density at radius 1 is 1.11 bits per heavy atom. The number of rotatable bonds is 3. The summed E-state index contributed by atoms with van der Waals surface area (Å²) in [6.07, 6.45) is 0.868. The van der Waals surface area contributed by atoms with Crippen LogP contribution in [-0.2, 0) is 19.5 Å². The second-order valence-corrected chi connectivity index (χ2v) is 7.16. The van der Waals surface area contributed by atoms with Crippen LogP contribution in [0.5, 0.6) is 0 Å². The fourth-order valence-electron chi connectivity index (χ4n) is 3.87. The number of amides is 1. The van der Waals surface area contributed by atoms with Crippen molar-refractivity contribution in [3.05, 3.63) is 83.0 Å². The van der Waals surface area contributed by atoms with Crippen molar-refractivity contribution in [2.45, 2.75) is 26.4 Å². The summed E-state index contributed by atoms with van der Waals surface area (Å²) in [6, 6.07) is 18.0. The maximum Gasteiger partial charge on any atom is 0.276 e. The third-order valence-electron chi connectivity index (χ3n) is 5.36. The summed E-state index contributed by atoms with van der Waals surface area (Å²) in [7, 11) is 0. The number of aryl methyl sites for hydroxylation is 1. The van der Waals surface area contributed by atoms with Crippen LogP contribution in [-0.4, -0.2) is 32.1 Å². The minimum atomic E-state index is -0.0864. The molecule has 28 heavy (non-hydrogen) atoms. The Hall–Kier alpha value is -3.41. The zero-order chi connectivity index (χ0) is 19.1. The molecule has 0 unspecified atom stereocenters. The number of nitrogens with zero attached hydrogens (tertiary/aromatic N) is 4. The quantitative estimate of drug-likeness (QED) is 0.551. The summed E-state index contributed by atoms with van der Waals surface area (Å²) in [6.45, 7) is 3.77. The Morgan fingerprint density at radius 3 is 2.79 bits per heavy atom. The molecule has 0 atom stereocenters. The minimum Gasteiger partial charge on any atom is -0.359 e. The molecule has 1 aliphatic rings. The van der Waals surface area contributed by atoms with E-state index in [0.717, 1.165) is 23.3 Å². The van der Waals surface area contributed by atoms with Gasteiger partial charge in [-0.15, -0.1) is 0 Å². The zero-order valence-electron chi connectivity index (χ0n) is 15.6. The normalized spacial score (nSPS) is 13.7. The van der Waals surface area contributed by atoms with E-state index in [4.69, 9.17) is 4.52 Å². The summed E-state index contributed by atoms with van der Waals surface area (Å²) < 4.78 is 7.55. The molecule has 0 N–H and O–H groups in total. The van der Waals surface area contributed by atoms with E-state index in [9.17, 15) is 4.79 Å². The van der Waals surface area contributed by atoms with Gasteiger partial charge in [0.1, 0.15) is 5.82 Å². The van der Waals surface area contributed by atoms with E-state index >= 15 is 0 Å². The van der Waals surface area contributed by atoms with Crippen molar-refractivity contribution in [2.24, 2.45) is 0 Å². The Bertz CT molecular complexity index is 1170. The highest BCUT2D eigenvalue weighted by Gasteiger charge is 2.24. The lowest BCUT2D eigenvalue weighted by molar-refractivity contribution is 0.0724. The smallest absolute Gasteiger partial charge is 0.276 e. The van der Waals surface area contributed by atoms with Gasteiger partial charge in [-0.25, -0.2) is 4.98 Å². The van der Waals surface area contributed by atoms with Gasteiger partial charge in [-0.05, 0) is 36.6 Å². The minimum absolute atomic E-state index is 0.0864. The molecule has 3 heterocycles. The Balaban J connectivity index is 1.36. The van der Waals surface area contributed by atoms with E-state index < -0.39 is 0 Å². The molecule has 0 bridgehead atoms. The van der Waals surface area contributed by atoms with E-state index in [2.05, 4.69) is 26.8 Å². The summed E-state index contributed by atoms with van der Waals surface area (Å²) >= 11 is 0. The molecule has 1 amide bonds. The molecule has 0 radical (unpaired) electrons. The van der Waals surface area contributed by atoms with Crippen LogP contribution in [0.4, 0.5) is 0 Å². The van der Waals surface area contributed by atoms with Crippen LogP contribution in [0, 0.1) is 6.92 Å². The van der Waals surface area contributed by atoms with E-state index in [1.165, 1.54) is 11.1 Å². The first kappa shape index (κ1) is 16.7. The van der Waals surface area contributed by atoms with Crippen LogP contribution in [0.1, 0.15) is 33.2 Å². The number of hydrogen-bond donors (Lipinski definition) is 0. The predicted octanol–water partition coefficient (Wildman–Crippen LogP) is 3.58. The van der Waals surface area contributed by atoms with Crippen molar-refractivity contribution in [1.29, 1.82) is 0 Å². The van der Waals surface area contributed by atoms with Crippen LogP contribution >= 0.6 is 0 Å². The number of imidazole rings is 1. The number of carbonyl (C=O) groups excluding carboxylic acids is 1. The lowest BCUT2D eigenvalue weighted by Crippen LogP contribution is -2.36. The van der Waals surface area contributed by atoms with Gasteiger partial charge in [-0.1, -0.05) is 41.6 Å². The van der Waals surface area contributed by atoms with Gasteiger partial charge >= 0.3 is 0 Å². The van der Waals surface area contributed by atoms with Gasteiger partial charge in [0.05, 0.1) is 17.6 Å². The van der Waals surface area contributed by atoms with Gasteiger partial charge < -0.3 is 14.0 Å². The largest absolute Gasteiger partial charge is 0.359 e.